The van der Waals surface area contributed by atoms with Crippen molar-refractivity contribution >= 4 is 35.1 Å². The number of aromatic nitrogens is 1. The van der Waals surface area contributed by atoms with E-state index in [0.717, 1.165) is 30.0 Å². The van der Waals surface area contributed by atoms with Gasteiger partial charge >= 0.3 is 6.09 Å². The Labute approximate surface area is 181 Å². The molecule has 7 nitrogen and oxygen atoms in total. The Morgan fingerprint density at radius 1 is 1.17 bits per heavy atom. The number of cyclic esters (lactones) is 1. The molecule has 2 aliphatic rings. The number of piperazine rings is 1. The summed E-state index contributed by atoms with van der Waals surface area (Å²) >= 11 is 6.43. The number of pyridine rings is 1. The van der Waals surface area contributed by atoms with Crippen LogP contribution >= 0.6 is 11.6 Å². The summed E-state index contributed by atoms with van der Waals surface area (Å²) in [6.07, 6.45) is 1.48. The van der Waals surface area contributed by atoms with Gasteiger partial charge in [-0.1, -0.05) is 17.7 Å². The van der Waals surface area contributed by atoms with E-state index in [-0.39, 0.29) is 11.9 Å². The van der Waals surface area contributed by atoms with Crippen molar-refractivity contribution in [2.24, 2.45) is 0 Å². The van der Waals surface area contributed by atoms with E-state index >= 15 is 0 Å². The summed E-state index contributed by atoms with van der Waals surface area (Å²) < 4.78 is 5.07. The molecule has 0 saturated carbocycles. The number of carbonyl (C=O) groups is 2. The molecule has 1 aromatic heterocycles. The lowest BCUT2D eigenvalue weighted by Crippen LogP contribution is -2.49. The predicted molar refractivity (Wildman–Crippen MR) is 117 cm³/mol. The second-order valence-electron chi connectivity index (χ2n) is 7.89. The van der Waals surface area contributed by atoms with Gasteiger partial charge in [-0.2, -0.15) is 0 Å². The summed E-state index contributed by atoms with van der Waals surface area (Å²) in [7, 11) is 0. The van der Waals surface area contributed by atoms with E-state index in [1.807, 2.05) is 24.9 Å². The van der Waals surface area contributed by atoms with Crippen molar-refractivity contribution in [3.63, 3.8) is 0 Å². The van der Waals surface area contributed by atoms with E-state index in [0.29, 0.717) is 36.0 Å². The highest BCUT2D eigenvalue weighted by atomic mass is 35.5. The molecule has 1 unspecified atom stereocenters. The minimum absolute atomic E-state index is 0.0676. The van der Waals surface area contributed by atoms with Gasteiger partial charge in [0.1, 0.15) is 12.4 Å². The van der Waals surface area contributed by atoms with Gasteiger partial charge in [0, 0.05) is 38.1 Å². The van der Waals surface area contributed by atoms with E-state index < -0.39 is 6.09 Å². The molecule has 1 atom stereocenters. The average molecular weight is 429 g/mol. The lowest BCUT2D eigenvalue weighted by Gasteiger charge is -2.36. The normalized spacial score (nSPS) is 19.3. The molecule has 4 rings (SSSR count). The molecule has 2 fully saturated rings. The Morgan fingerprint density at radius 3 is 2.50 bits per heavy atom. The molecule has 158 valence electrons. The number of nitrogens with zero attached hydrogens (tertiary/aromatic N) is 4. The first-order chi connectivity index (χ1) is 14.3. The summed E-state index contributed by atoms with van der Waals surface area (Å²) in [5, 5.41) is 0.336. The van der Waals surface area contributed by atoms with Gasteiger partial charge in [0.15, 0.2) is 0 Å². The van der Waals surface area contributed by atoms with Crippen LogP contribution in [0, 0.1) is 13.8 Å². The topological polar surface area (TPSA) is 66.0 Å². The minimum Gasteiger partial charge on any atom is -0.447 e. The predicted octanol–water partition coefficient (Wildman–Crippen LogP) is 3.66. The van der Waals surface area contributed by atoms with Gasteiger partial charge in [0.05, 0.1) is 16.6 Å². The van der Waals surface area contributed by atoms with Crippen LogP contribution in [0.25, 0.3) is 0 Å². The molecule has 2 aromatic rings. The number of carbonyl (C=O) groups excluding carboxylic acids is 2. The zero-order valence-corrected chi connectivity index (χ0v) is 18.1. The molecule has 1 aromatic carbocycles. The van der Waals surface area contributed by atoms with Crippen molar-refractivity contribution in [1.29, 1.82) is 0 Å². The highest BCUT2D eigenvalue weighted by molar-refractivity contribution is 6.34. The summed E-state index contributed by atoms with van der Waals surface area (Å²) in [6, 6.07) is 7.15. The molecule has 30 heavy (non-hydrogen) atoms. The quantitative estimate of drug-likeness (QED) is 0.746. The largest absolute Gasteiger partial charge is 0.447 e. The average Bonchev–Trinajstić information content (AvgIpc) is 3.06. The van der Waals surface area contributed by atoms with Crippen LogP contribution in [0.5, 0.6) is 0 Å². The molecule has 2 amide bonds. The number of aryl methyl sites for hydroxylation is 2. The van der Waals surface area contributed by atoms with E-state index in [9.17, 15) is 9.59 Å². The zero-order chi connectivity index (χ0) is 21.4. The minimum atomic E-state index is -0.395. The fourth-order valence-corrected chi connectivity index (χ4v) is 4.29. The van der Waals surface area contributed by atoms with Crippen LogP contribution in [-0.2, 0) is 4.74 Å². The SMILES string of the molecule is Cc1cnc(N2CCN(C(=O)c3ccc(N4C(=O)OCC4C)cc3Cl)CC2)c(C)c1. The van der Waals surface area contributed by atoms with Gasteiger partial charge < -0.3 is 14.5 Å². The molecule has 2 saturated heterocycles. The molecule has 0 bridgehead atoms. The highest BCUT2D eigenvalue weighted by Crippen LogP contribution is 2.29. The molecule has 0 N–H and O–H groups in total. The monoisotopic (exact) mass is 428 g/mol. The number of rotatable bonds is 3. The van der Waals surface area contributed by atoms with Crippen molar-refractivity contribution in [3.8, 4) is 0 Å². The van der Waals surface area contributed by atoms with Gasteiger partial charge in [-0.05, 0) is 50.1 Å². The summed E-state index contributed by atoms with van der Waals surface area (Å²) in [4.78, 5) is 35.1. The van der Waals surface area contributed by atoms with Crippen LogP contribution in [0.4, 0.5) is 16.3 Å². The van der Waals surface area contributed by atoms with Crippen molar-refractivity contribution in [1.82, 2.24) is 9.88 Å². The molecular formula is C22H25ClN4O3. The molecule has 3 heterocycles. The number of halogens is 1. The van der Waals surface area contributed by atoms with Crippen LogP contribution in [0.3, 0.4) is 0 Å². The first kappa shape index (κ1) is 20.5. The van der Waals surface area contributed by atoms with Crippen molar-refractivity contribution < 1.29 is 14.3 Å². The van der Waals surface area contributed by atoms with Crippen LogP contribution in [0.2, 0.25) is 5.02 Å². The number of hydrogen-bond donors (Lipinski definition) is 0. The maximum atomic E-state index is 13.0. The molecule has 2 aliphatic heterocycles. The Bertz CT molecular complexity index is 988. The summed E-state index contributed by atoms with van der Waals surface area (Å²) in [6.45, 7) is 8.97. The number of benzene rings is 1. The molecule has 0 spiro atoms. The molecule has 8 heteroatoms. The Hall–Kier alpha value is -2.80. The lowest BCUT2D eigenvalue weighted by atomic mass is 10.1. The number of amides is 2. The van der Waals surface area contributed by atoms with Crippen molar-refractivity contribution in [2.75, 3.05) is 42.6 Å². The van der Waals surface area contributed by atoms with Gasteiger partial charge in [-0.15, -0.1) is 0 Å². The first-order valence-electron chi connectivity index (χ1n) is 10.1. The van der Waals surface area contributed by atoms with Crippen molar-refractivity contribution in [3.05, 3.63) is 52.2 Å². The number of ether oxygens (including phenoxy) is 1. The Balaban J connectivity index is 1.45. The maximum absolute atomic E-state index is 13.0. The fourth-order valence-electron chi connectivity index (χ4n) is 4.03. The third kappa shape index (κ3) is 3.81. The second kappa shape index (κ2) is 8.14. The smallest absolute Gasteiger partial charge is 0.414 e. The number of anilines is 2. The van der Waals surface area contributed by atoms with E-state index in [1.54, 1.807) is 23.1 Å². The third-order valence-electron chi connectivity index (χ3n) is 5.60. The Kier molecular flexibility index (Phi) is 5.56. The summed E-state index contributed by atoms with van der Waals surface area (Å²) in [5.74, 6) is 0.874. The first-order valence-corrected chi connectivity index (χ1v) is 10.5. The van der Waals surface area contributed by atoms with Crippen LogP contribution < -0.4 is 9.80 Å². The standard InChI is InChI=1S/C22H25ClN4O3/c1-14-10-15(2)20(24-12-14)25-6-8-26(9-7-25)21(28)18-5-4-17(11-19(18)23)27-16(3)13-30-22(27)29/h4-5,10-12,16H,6-9,13H2,1-3H3. The zero-order valence-electron chi connectivity index (χ0n) is 17.4. The van der Waals surface area contributed by atoms with Gasteiger partial charge in [-0.3, -0.25) is 9.69 Å². The number of hydrogen-bond acceptors (Lipinski definition) is 5. The maximum Gasteiger partial charge on any atom is 0.414 e. The van der Waals surface area contributed by atoms with Gasteiger partial charge in [0.2, 0.25) is 0 Å². The van der Waals surface area contributed by atoms with Crippen LogP contribution in [0.1, 0.15) is 28.4 Å². The van der Waals surface area contributed by atoms with Gasteiger partial charge in [0.25, 0.3) is 5.91 Å². The van der Waals surface area contributed by atoms with E-state index in [4.69, 9.17) is 16.3 Å². The van der Waals surface area contributed by atoms with E-state index in [2.05, 4.69) is 22.9 Å². The Morgan fingerprint density at radius 2 is 1.90 bits per heavy atom. The summed E-state index contributed by atoms with van der Waals surface area (Å²) in [5.41, 5.74) is 3.36. The molecular weight excluding hydrogens is 404 g/mol. The van der Waals surface area contributed by atoms with Crippen LogP contribution in [0.15, 0.2) is 30.5 Å². The highest BCUT2D eigenvalue weighted by Gasteiger charge is 2.32. The van der Waals surface area contributed by atoms with Crippen LogP contribution in [-0.4, -0.2) is 60.7 Å². The lowest BCUT2D eigenvalue weighted by molar-refractivity contribution is 0.0746. The van der Waals surface area contributed by atoms with Crippen molar-refractivity contribution in [2.45, 2.75) is 26.8 Å². The molecule has 0 radical (unpaired) electrons. The third-order valence-corrected chi connectivity index (χ3v) is 5.91. The van der Waals surface area contributed by atoms with E-state index in [1.165, 1.54) is 0 Å². The fraction of sp³-hybridized carbons (Fsp3) is 0.409. The van der Waals surface area contributed by atoms with Gasteiger partial charge in [-0.25, -0.2) is 9.78 Å². The second-order valence-corrected chi connectivity index (χ2v) is 8.30. The molecule has 0 aliphatic carbocycles.